The van der Waals surface area contributed by atoms with E-state index in [1.54, 1.807) is 12.1 Å². The number of hydrogen-bond donors (Lipinski definition) is 2. The highest BCUT2D eigenvalue weighted by Gasteiger charge is 2.11. The molecule has 0 radical (unpaired) electrons. The first-order chi connectivity index (χ1) is 9.51. The smallest absolute Gasteiger partial charge is 0.123 e. The number of halogens is 2. The van der Waals surface area contributed by atoms with Gasteiger partial charge in [0.05, 0.1) is 6.04 Å². The van der Waals surface area contributed by atoms with Gasteiger partial charge >= 0.3 is 0 Å². The molecule has 0 heterocycles. The molecule has 2 nitrogen and oxygen atoms in total. The van der Waals surface area contributed by atoms with Gasteiger partial charge in [-0.2, -0.15) is 0 Å². The molecule has 0 fully saturated rings. The Bertz CT molecular complexity index is 573. The SMILES string of the molecule is Cc1cc(NC(CN)c2ccc(F)cc2)cc(C)c1Br. The van der Waals surface area contributed by atoms with Crippen LogP contribution in [0.5, 0.6) is 0 Å². The van der Waals surface area contributed by atoms with Gasteiger partial charge in [-0.05, 0) is 54.8 Å². The monoisotopic (exact) mass is 336 g/mol. The van der Waals surface area contributed by atoms with Gasteiger partial charge in [-0.3, -0.25) is 0 Å². The fourth-order valence-corrected chi connectivity index (χ4v) is 2.43. The second-order valence-electron chi connectivity index (χ2n) is 4.91. The van der Waals surface area contributed by atoms with E-state index in [9.17, 15) is 4.39 Å². The second kappa shape index (κ2) is 6.37. The third-order valence-electron chi connectivity index (χ3n) is 3.29. The maximum atomic E-state index is 13.0. The maximum Gasteiger partial charge on any atom is 0.123 e. The first-order valence-corrected chi connectivity index (χ1v) is 7.29. The van der Waals surface area contributed by atoms with Crippen LogP contribution in [0, 0.1) is 19.7 Å². The van der Waals surface area contributed by atoms with Gasteiger partial charge in [0.15, 0.2) is 0 Å². The molecule has 106 valence electrons. The molecule has 1 unspecified atom stereocenters. The Labute approximate surface area is 127 Å². The predicted octanol–water partition coefficient (Wildman–Crippen LogP) is 4.32. The zero-order valence-electron chi connectivity index (χ0n) is 11.6. The highest BCUT2D eigenvalue weighted by molar-refractivity contribution is 9.10. The van der Waals surface area contributed by atoms with Crippen LogP contribution in [0.15, 0.2) is 40.9 Å². The quantitative estimate of drug-likeness (QED) is 0.872. The lowest BCUT2D eigenvalue weighted by Crippen LogP contribution is -2.20. The Balaban J connectivity index is 2.24. The van der Waals surface area contributed by atoms with Gasteiger partial charge in [0.1, 0.15) is 5.82 Å². The summed E-state index contributed by atoms with van der Waals surface area (Å²) >= 11 is 3.56. The van der Waals surface area contributed by atoms with E-state index in [1.165, 1.54) is 23.3 Å². The van der Waals surface area contributed by atoms with Crippen LogP contribution in [-0.2, 0) is 0 Å². The van der Waals surface area contributed by atoms with Crippen LogP contribution in [0.1, 0.15) is 22.7 Å². The van der Waals surface area contributed by atoms with Crippen molar-refractivity contribution in [1.29, 1.82) is 0 Å². The molecular weight excluding hydrogens is 319 g/mol. The van der Waals surface area contributed by atoms with Gasteiger partial charge in [-0.25, -0.2) is 4.39 Å². The standard InChI is InChI=1S/C16H18BrFN2/c1-10-7-14(8-11(2)16(10)17)20-15(9-19)12-3-5-13(18)6-4-12/h3-8,15,20H,9,19H2,1-2H3. The second-order valence-corrected chi connectivity index (χ2v) is 5.70. The summed E-state index contributed by atoms with van der Waals surface area (Å²) in [5.41, 5.74) is 10.2. The molecular formula is C16H18BrFN2. The topological polar surface area (TPSA) is 38.0 Å². The van der Waals surface area contributed by atoms with E-state index < -0.39 is 0 Å². The summed E-state index contributed by atoms with van der Waals surface area (Å²) in [6.45, 7) is 4.55. The molecule has 20 heavy (non-hydrogen) atoms. The van der Waals surface area contributed by atoms with E-state index in [4.69, 9.17) is 5.73 Å². The van der Waals surface area contributed by atoms with Crippen LogP contribution in [0.3, 0.4) is 0 Å². The Morgan fingerprint density at radius 2 is 1.70 bits per heavy atom. The van der Waals surface area contributed by atoms with E-state index >= 15 is 0 Å². The molecule has 2 aromatic rings. The first kappa shape index (κ1) is 15.0. The van der Waals surface area contributed by atoms with Crippen molar-refractivity contribution in [2.75, 3.05) is 11.9 Å². The molecule has 2 rings (SSSR count). The summed E-state index contributed by atoms with van der Waals surface area (Å²) in [6, 6.07) is 10.6. The average Bonchev–Trinajstić information content (AvgIpc) is 2.43. The lowest BCUT2D eigenvalue weighted by molar-refractivity contribution is 0.626. The minimum absolute atomic E-state index is 0.0319. The van der Waals surface area contributed by atoms with Crippen LogP contribution in [0.4, 0.5) is 10.1 Å². The summed E-state index contributed by atoms with van der Waals surface area (Å²) in [6.07, 6.45) is 0. The van der Waals surface area contributed by atoms with E-state index in [0.29, 0.717) is 6.54 Å². The molecule has 0 aliphatic rings. The molecule has 4 heteroatoms. The van der Waals surface area contributed by atoms with E-state index in [2.05, 4.69) is 47.2 Å². The van der Waals surface area contributed by atoms with Gasteiger partial charge in [-0.15, -0.1) is 0 Å². The van der Waals surface area contributed by atoms with Crippen LogP contribution < -0.4 is 11.1 Å². The molecule has 0 saturated heterocycles. The highest BCUT2D eigenvalue weighted by Crippen LogP contribution is 2.27. The van der Waals surface area contributed by atoms with Gasteiger partial charge in [0.2, 0.25) is 0 Å². The molecule has 0 aliphatic heterocycles. The average molecular weight is 337 g/mol. The van der Waals surface area contributed by atoms with E-state index in [0.717, 1.165) is 15.7 Å². The Morgan fingerprint density at radius 3 is 2.20 bits per heavy atom. The van der Waals surface area contributed by atoms with E-state index in [1.807, 2.05) is 0 Å². The summed E-state index contributed by atoms with van der Waals surface area (Å²) in [5.74, 6) is -0.236. The van der Waals surface area contributed by atoms with Gasteiger partial charge < -0.3 is 11.1 Å². The van der Waals surface area contributed by atoms with Crippen LogP contribution >= 0.6 is 15.9 Å². The zero-order valence-corrected chi connectivity index (χ0v) is 13.2. The van der Waals surface area contributed by atoms with Crippen molar-refractivity contribution in [2.24, 2.45) is 5.73 Å². The van der Waals surface area contributed by atoms with Crippen molar-refractivity contribution in [2.45, 2.75) is 19.9 Å². The molecule has 0 bridgehead atoms. The molecule has 0 amide bonds. The normalized spacial score (nSPS) is 12.2. The van der Waals surface area contributed by atoms with Crippen molar-refractivity contribution in [1.82, 2.24) is 0 Å². The van der Waals surface area contributed by atoms with Crippen LogP contribution in [0.2, 0.25) is 0 Å². The molecule has 1 atom stereocenters. The molecule has 0 aromatic heterocycles. The van der Waals surface area contributed by atoms with Crippen molar-refractivity contribution >= 4 is 21.6 Å². The molecule has 0 spiro atoms. The molecule has 0 aliphatic carbocycles. The number of anilines is 1. The molecule has 0 saturated carbocycles. The number of aryl methyl sites for hydroxylation is 2. The summed E-state index contributed by atoms with van der Waals surface area (Å²) < 4.78 is 14.1. The summed E-state index contributed by atoms with van der Waals surface area (Å²) in [4.78, 5) is 0. The minimum Gasteiger partial charge on any atom is -0.377 e. The third-order valence-corrected chi connectivity index (χ3v) is 4.54. The Kier molecular flexibility index (Phi) is 4.78. The van der Waals surface area contributed by atoms with Gasteiger partial charge in [0, 0.05) is 16.7 Å². The van der Waals surface area contributed by atoms with Crippen LogP contribution in [-0.4, -0.2) is 6.54 Å². The first-order valence-electron chi connectivity index (χ1n) is 6.50. The van der Waals surface area contributed by atoms with Crippen LogP contribution in [0.25, 0.3) is 0 Å². The number of benzene rings is 2. The van der Waals surface area contributed by atoms with Crippen molar-refractivity contribution in [3.8, 4) is 0 Å². The van der Waals surface area contributed by atoms with Crippen molar-refractivity contribution in [3.05, 3.63) is 63.4 Å². The highest BCUT2D eigenvalue weighted by atomic mass is 79.9. The fraction of sp³-hybridized carbons (Fsp3) is 0.250. The van der Waals surface area contributed by atoms with E-state index in [-0.39, 0.29) is 11.9 Å². The lowest BCUT2D eigenvalue weighted by atomic mass is 10.1. The molecule has 3 N–H and O–H groups in total. The predicted molar refractivity (Wildman–Crippen MR) is 85.4 cm³/mol. The van der Waals surface area contributed by atoms with Gasteiger partial charge in [-0.1, -0.05) is 28.1 Å². The zero-order chi connectivity index (χ0) is 14.7. The number of rotatable bonds is 4. The Hall–Kier alpha value is -1.39. The summed E-state index contributed by atoms with van der Waals surface area (Å²) in [5, 5.41) is 3.41. The maximum absolute atomic E-state index is 13.0. The van der Waals surface area contributed by atoms with Crippen molar-refractivity contribution < 1.29 is 4.39 Å². The fourth-order valence-electron chi connectivity index (χ4n) is 2.20. The summed E-state index contributed by atoms with van der Waals surface area (Å²) in [7, 11) is 0. The lowest BCUT2D eigenvalue weighted by Gasteiger charge is -2.20. The third kappa shape index (κ3) is 3.38. The largest absolute Gasteiger partial charge is 0.377 e. The van der Waals surface area contributed by atoms with Gasteiger partial charge in [0.25, 0.3) is 0 Å². The number of hydrogen-bond acceptors (Lipinski definition) is 2. The number of nitrogens with two attached hydrogens (primary N) is 1. The molecule has 2 aromatic carbocycles. The van der Waals surface area contributed by atoms with Crippen molar-refractivity contribution in [3.63, 3.8) is 0 Å². The Morgan fingerprint density at radius 1 is 1.15 bits per heavy atom. The number of nitrogens with one attached hydrogen (secondary N) is 1. The minimum atomic E-state index is -0.236.